The molecule has 1 saturated heterocycles. The van der Waals surface area contributed by atoms with Crippen LogP contribution in [0.5, 0.6) is 0 Å². The number of halogens is 1. The summed E-state index contributed by atoms with van der Waals surface area (Å²) in [6.45, 7) is 3.75. The Labute approximate surface area is 149 Å². The van der Waals surface area contributed by atoms with E-state index in [2.05, 4.69) is 40.5 Å². The molecule has 4 heteroatoms. The molecule has 1 fully saturated rings. The van der Waals surface area contributed by atoms with Crippen molar-refractivity contribution in [3.63, 3.8) is 0 Å². The van der Waals surface area contributed by atoms with Crippen LogP contribution in [0.2, 0.25) is 5.02 Å². The van der Waals surface area contributed by atoms with Crippen LogP contribution in [0.25, 0.3) is 0 Å². The van der Waals surface area contributed by atoms with Gasteiger partial charge in [0.05, 0.1) is 6.10 Å². The van der Waals surface area contributed by atoms with Gasteiger partial charge in [-0.3, -0.25) is 4.90 Å². The minimum absolute atomic E-state index is 0.435. The molecule has 0 amide bonds. The maximum Gasteiger partial charge on any atom is 0.0914 e. The van der Waals surface area contributed by atoms with Crippen LogP contribution in [0, 0.1) is 0 Å². The summed E-state index contributed by atoms with van der Waals surface area (Å²) < 4.78 is 0. The summed E-state index contributed by atoms with van der Waals surface area (Å²) in [6, 6.07) is 18.5. The number of piperidine rings is 1. The molecule has 3 rings (SSSR count). The third-order valence-corrected chi connectivity index (χ3v) is 4.86. The number of likely N-dealkylation sites (tertiary alicyclic amines) is 1. The van der Waals surface area contributed by atoms with Gasteiger partial charge in [-0.1, -0.05) is 54.1 Å². The van der Waals surface area contributed by atoms with Crippen molar-refractivity contribution in [3.05, 3.63) is 70.7 Å². The average Bonchev–Trinajstić information content (AvgIpc) is 2.61. The molecule has 2 aromatic carbocycles. The summed E-state index contributed by atoms with van der Waals surface area (Å²) in [5.41, 5.74) is 2.27. The molecule has 2 atom stereocenters. The van der Waals surface area contributed by atoms with E-state index in [1.165, 1.54) is 18.4 Å². The van der Waals surface area contributed by atoms with Gasteiger partial charge in [0.1, 0.15) is 0 Å². The molecule has 24 heavy (non-hydrogen) atoms. The second-order valence-corrected chi connectivity index (χ2v) is 6.97. The molecule has 128 valence electrons. The number of hydrogen-bond donors (Lipinski definition) is 2. The molecule has 1 heterocycles. The first kappa shape index (κ1) is 17.4. The first-order valence-corrected chi connectivity index (χ1v) is 9.02. The Bertz CT molecular complexity index is 617. The zero-order valence-electron chi connectivity index (χ0n) is 13.9. The molecule has 3 nitrogen and oxygen atoms in total. The van der Waals surface area contributed by atoms with Gasteiger partial charge in [-0.2, -0.15) is 0 Å². The summed E-state index contributed by atoms with van der Waals surface area (Å²) in [5, 5.41) is 14.5. The van der Waals surface area contributed by atoms with E-state index >= 15 is 0 Å². The zero-order chi connectivity index (χ0) is 16.8. The quantitative estimate of drug-likeness (QED) is 0.840. The van der Waals surface area contributed by atoms with Gasteiger partial charge in [-0.05, 0) is 42.6 Å². The summed E-state index contributed by atoms with van der Waals surface area (Å²) in [7, 11) is 0. The predicted molar refractivity (Wildman–Crippen MR) is 99.2 cm³/mol. The van der Waals surface area contributed by atoms with Gasteiger partial charge in [0.25, 0.3) is 0 Å². The fourth-order valence-electron chi connectivity index (χ4n) is 3.29. The van der Waals surface area contributed by atoms with Gasteiger partial charge in [0, 0.05) is 30.7 Å². The fourth-order valence-corrected chi connectivity index (χ4v) is 3.41. The second-order valence-electron chi connectivity index (χ2n) is 6.54. The van der Waals surface area contributed by atoms with Crippen molar-refractivity contribution in [1.82, 2.24) is 10.2 Å². The Morgan fingerprint density at radius 3 is 2.62 bits per heavy atom. The number of aliphatic hydroxyl groups excluding tert-OH is 1. The van der Waals surface area contributed by atoms with Crippen molar-refractivity contribution in [2.45, 2.75) is 31.5 Å². The molecule has 0 radical (unpaired) electrons. The molecule has 2 unspecified atom stereocenters. The van der Waals surface area contributed by atoms with Crippen molar-refractivity contribution in [2.75, 3.05) is 19.6 Å². The maximum absolute atomic E-state index is 10.3. The molecule has 2 aromatic rings. The average molecular weight is 345 g/mol. The lowest BCUT2D eigenvalue weighted by Gasteiger charge is -2.33. The highest BCUT2D eigenvalue weighted by atomic mass is 35.5. The summed E-state index contributed by atoms with van der Waals surface area (Å²) >= 11 is 5.89. The lowest BCUT2D eigenvalue weighted by Crippen LogP contribution is -2.46. The van der Waals surface area contributed by atoms with Gasteiger partial charge in [0.15, 0.2) is 0 Å². The van der Waals surface area contributed by atoms with Crippen LogP contribution in [0.4, 0.5) is 0 Å². The van der Waals surface area contributed by atoms with Crippen molar-refractivity contribution in [3.8, 4) is 0 Å². The Kier molecular flexibility index (Phi) is 6.27. The summed E-state index contributed by atoms with van der Waals surface area (Å²) in [5.74, 6) is 0. The van der Waals surface area contributed by atoms with Gasteiger partial charge in [0.2, 0.25) is 0 Å². The number of aliphatic hydroxyl groups is 1. The molecule has 0 saturated carbocycles. The van der Waals surface area contributed by atoms with Crippen molar-refractivity contribution in [2.24, 2.45) is 0 Å². The summed E-state index contributed by atoms with van der Waals surface area (Å²) in [6.07, 6.45) is 1.87. The highest BCUT2D eigenvalue weighted by molar-refractivity contribution is 6.30. The van der Waals surface area contributed by atoms with Gasteiger partial charge in [-0.15, -0.1) is 0 Å². The van der Waals surface area contributed by atoms with E-state index in [0.717, 1.165) is 25.2 Å². The third kappa shape index (κ3) is 5.05. The molecule has 1 aliphatic rings. The van der Waals surface area contributed by atoms with Crippen LogP contribution in [-0.4, -0.2) is 35.7 Å². The van der Waals surface area contributed by atoms with E-state index in [4.69, 9.17) is 11.6 Å². The van der Waals surface area contributed by atoms with E-state index in [9.17, 15) is 5.11 Å². The molecule has 0 aliphatic carbocycles. The SMILES string of the molecule is OC(CNC1CCCN(Cc2ccccc2)C1)c1ccc(Cl)cc1. The molecule has 2 N–H and O–H groups in total. The maximum atomic E-state index is 10.3. The van der Waals surface area contributed by atoms with Crippen LogP contribution < -0.4 is 5.32 Å². The lowest BCUT2D eigenvalue weighted by atomic mass is 10.0. The smallest absolute Gasteiger partial charge is 0.0914 e. The van der Waals surface area contributed by atoms with Crippen molar-refractivity contribution < 1.29 is 5.11 Å². The highest BCUT2D eigenvalue weighted by Gasteiger charge is 2.20. The minimum atomic E-state index is -0.494. The topological polar surface area (TPSA) is 35.5 Å². The van der Waals surface area contributed by atoms with Crippen molar-refractivity contribution >= 4 is 11.6 Å². The van der Waals surface area contributed by atoms with Gasteiger partial charge in [-0.25, -0.2) is 0 Å². The van der Waals surface area contributed by atoms with Gasteiger partial charge >= 0.3 is 0 Å². The first-order valence-electron chi connectivity index (χ1n) is 8.64. The molecule has 0 bridgehead atoms. The predicted octanol–water partition coefficient (Wildman–Crippen LogP) is 3.63. The molecule has 0 aromatic heterocycles. The molecule has 1 aliphatic heterocycles. The monoisotopic (exact) mass is 344 g/mol. The van der Waals surface area contributed by atoms with Crippen LogP contribution in [0.3, 0.4) is 0 Å². The first-order chi connectivity index (χ1) is 11.7. The van der Waals surface area contributed by atoms with E-state index in [1.54, 1.807) is 0 Å². The Morgan fingerprint density at radius 2 is 1.88 bits per heavy atom. The number of nitrogens with zero attached hydrogens (tertiary/aromatic N) is 1. The minimum Gasteiger partial charge on any atom is -0.387 e. The summed E-state index contributed by atoms with van der Waals surface area (Å²) in [4.78, 5) is 2.49. The number of benzene rings is 2. The second kappa shape index (κ2) is 8.63. The Hall–Kier alpha value is -1.39. The molecular formula is C20H25ClN2O. The van der Waals surface area contributed by atoms with Crippen molar-refractivity contribution in [1.29, 1.82) is 0 Å². The fraction of sp³-hybridized carbons (Fsp3) is 0.400. The standard InChI is InChI=1S/C20H25ClN2O/c21-18-10-8-17(9-11-18)20(24)13-22-19-7-4-12-23(15-19)14-16-5-2-1-3-6-16/h1-3,5-6,8-11,19-20,22,24H,4,7,12-15H2. The van der Waals surface area contributed by atoms with E-state index in [-0.39, 0.29) is 0 Å². The third-order valence-electron chi connectivity index (χ3n) is 4.61. The highest BCUT2D eigenvalue weighted by Crippen LogP contribution is 2.17. The number of hydrogen-bond acceptors (Lipinski definition) is 3. The van der Waals surface area contributed by atoms with E-state index < -0.39 is 6.10 Å². The Morgan fingerprint density at radius 1 is 1.12 bits per heavy atom. The van der Waals surface area contributed by atoms with Gasteiger partial charge < -0.3 is 10.4 Å². The lowest BCUT2D eigenvalue weighted by molar-refractivity contribution is 0.144. The largest absolute Gasteiger partial charge is 0.387 e. The number of rotatable bonds is 6. The zero-order valence-corrected chi connectivity index (χ0v) is 14.6. The van der Waals surface area contributed by atoms with Crippen LogP contribution in [-0.2, 0) is 6.54 Å². The molecule has 0 spiro atoms. The van der Waals surface area contributed by atoms with Crippen LogP contribution in [0.15, 0.2) is 54.6 Å². The molecular weight excluding hydrogens is 320 g/mol. The van der Waals surface area contributed by atoms with Crippen LogP contribution >= 0.6 is 11.6 Å². The van der Waals surface area contributed by atoms with E-state index in [0.29, 0.717) is 17.6 Å². The van der Waals surface area contributed by atoms with E-state index in [1.807, 2.05) is 24.3 Å². The number of nitrogens with one attached hydrogen (secondary N) is 1. The van der Waals surface area contributed by atoms with Crippen LogP contribution in [0.1, 0.15) is 30.1 Å². The normalized spacial score (nSPS) is 20.0. The Balaban J connectivity index is 1.47.